The van der Waals surface area contributed by atoms with Crippen LogP contribution in [0.25, 0.3) is 0 Å². The van der Waals surface area contributed by atoms with E-state index in [0.29, 0.717) is 12.8 Å². The van der Waals surface area contributed by atoms with Crippen LogP contribution >= 0.6 is 24.4 Å². The van der Waals surface area contributed by atoms with Crippen LogP contribution in [-0.2, 0) is 19.1 Å². The highest BCUT2D eigenvalue weighted by molar-refractivity contribution is 7.89. The zero-order chi connectivity index (χ0) is 22.8. The molecule has 0 fully saturated rings. The third-order valence-corrected chi connectivity index (χ3v) is 5.23. The van der Waals surface area contributed by atoms with E-state index < -0.39 is 12.5 Å². The summed E-state index contributed by atoms with van der Waals surface area (Å²) in [5, 5.41) is 5.76. The van der Waals surface area contributed by atoms with E-state index in [1.165, 1.54) is 25.7 Å². The molecule has 0 aromatic rings. The summed E-state index contributed by atoms with van der Waals surface area (Å²) < 4.78 is 10.6. The van der Waals surface area contributed by atoms with Gasteiger partial charge < -0.3 is 20.1 Å². The van der Waals surface area contributed by atoms with Crippen LogP contribution in [-0.4, -0.2) is 34.4 Å². The van der Waals surface area contributed by atoms with E-state index in [2.05, 4.69) is 24.5 Å². The number of hydrogen-bond acceptors (Lipinski definition) is 6. The van der Waals surface area contributed by atoms with Crippen LogP contribution in [0.4, 0.5) is 0 Å². The summed E-state index contributed by atoms with van der Waals surface area (Å²) in [6, 6.07) is 0. The van der Waals surface area contributed by atoms with Gasteiger partial charge in [0, 0.05) is 12.8 Å². The number of esters is 2. The molecule has 0 saturated carbocycles. The van der Waals surface area contributed by atoms with Gasteiger partial charge in [0.05, 0.1) is 0 Å². The van der Waals surface area contributed by atoms with Crippen molar-refractivity contribution in [1.29, 1.82) is 0 Å². The molecule has 174 valence electrons. The molecule has 2 atom stereocenters. The van der Waals surface area contributed by atoms with E-state index in [4.69, 9.17) is 33.9 Å². The molecule has 0 aliphatic heterocycles. The van der Waals surface area contributed by atoms with Crippen LogP contribution in [0, 0.1) is 0 Å². The lowest BCUT2D eigenvalue weighted by molar-refractivity contribution is -0.150. The minimum Gasteiger partial charge on any atom is -0.442 e. The van der Waals surface area contributed by atoms with Crippen LogP contribution in [0.1, 0.15) is 105 Å². The van der Waals surface area contributed by atoms with Gasteiger partial charge in [-0.05, 0) is 26.7 Å². The van der Waals surface area contributed by atoms with Gasteiger partial charge in [-0.15, -0.1) is 0 Å². The van der Waals surface area contributed by atoms with Crippen molar-refractivity contribution in [1.82, 2.24) is 10.6 Å². The van der Waals surface area contributed by atoms with Gasteiger partial charge in [-0.25, -0.2) is 0 Å². The van der Waals surface area contributed by atoms with Crippen molar-refractivity contribution >= 4 is 46.4 Å². The number of nitrogens with one attached hydrogen (secondary N) is 2. The molecule has 8 heteroatoms. The second kappa shape index (κ2) is 18.5. The normalized spacial score (nSPS) is 12.5. The second-order valence-electron chi connectivity index (χ2n) is 7.54. The first kappa shape index (κ1) is 28.7. The van der Waals surface area contributed by atoms with E-state index in [1.807, 2.05) is 0 Å². The summed E-state index contributed by atoms with van der Waals surface area (Å²) in [5.41, 5.74) is 0. The molecule has 0 aliphatic rings. The number of unbranched alkanes of at least 4 members (excludes halogenated alkanes) is 8. The standard InChI is InChI=1S/C22H40N2O4S2/c1-5-7-9-11-13-15-19(25)27-17(3)23-21(29)22(30)24-18(4)28-20(26)16-14-12-10-8-6-2/h17-18H,5-16H2,1-4H3,(H,23,29)(H,24,30). The molecule has 0 aliphatic carbocycles. The molecule has 2 N–H and O–H groups in total. The molecule has 0 saturated heterocycles. The third kappa shape index (κ3) is 16.5. The van der Waals surface area contributed by atoms with Crippen molar-refractivity contribution < 1.29 is 19.1 Å². The van der Waals surface area contributed by atoms with E-state index in [1.54, 1.807) is 13.8 Å². The monoisotopic (exact) mass is 460 g/mol. The summed E-state index contributed by atoms with van der Waals surface area (Å²) in [5.74, 6) is -0.510. The number of carbonyl (C=O) groups excluding carboxylic acids is 2. The molecule has 0 radical (unpaired) electrons. The quantitative estimate of drug-likeness (QED) is 0.139. The summed E-state index contributed by atoms with van der Waals surface area (Å²) in [6.45, 7) is 7.71. The zero-order valence-electron chi connectivity index (χ0n) is 19.1. The van der Waals surface area contributed by atoms with Crippen molar-refractivity contribution in [3.05, 3.63) is 0 Å². The van der Waals surface area contributed by atoms with Gasteiger partial charge in [-0.1, -0.05) is 89.6 Å². The van der Waals surface area contributed by atoms with Crippen LogP contribution in [0.3, 0.4) is 0 Å². The van der Waals surface area contributed by atoms with Gasteiger partial charge in [0.15, 0.2) is 12.5 Å². The van der Waals surface area contributed by atoms with Crippen molar-refractivity contribution in [2.45, 2.75) is 117 Å². The molecule has 0 aromatic carbocycles. The Bertz CT molecular complexity index is 483. The zero-order valence-corrected chi connectivity index (χ0v) is 20.7. The maximum atomic E-state index is 11.9. The van der Waals surface area contributed by atoms with Crippen LogP contribution < -0.4 is 10.6 Å². The van der Waals surface area contributed by atoms with Crippen molar-refractivity contribution in [2.24, 2.45) is 0 Å². The first-order valence-electron chi connectivity index (χ1n) is 11.3. The fourth-order valence-corrected chi connectivity index (χ4v) is 3.27. The van der Waals surface area contributed by atoms with Crippen LogP contribution in [0.5, 0.6) is 0 Å². The first-order valence-corrected chi connectivity index (χ1v) is 12.1. The van der Waals surface area contributed by atoms with Crippen molar-refractivity contribution in [3.8, 4) is 0 Å². The minimum absolute atomic E-state index is 0.246. The average molecular weight is 461 g/mol. The van der Waals surface area contributed by atoms with Gasteiger partial charge in [-0.3, -0.25) is 9.59 Å². The largest absolute Gasteiger partial charge is 0.442 e. The lowest BCUT2D eigenvalue weighted by Gasteiger charge is -2.20. The lowest BCUT2D eigenvalue weighted by Crippen LogP contribution is -2.46. The number of ether oxygens (including phenoxy) is 2. The summed E-state index contributed by atoms with van der Waals surface area (Å²) in [4.78, 5) is 24.2. The van der Waals surface area contributed by atoms with Crippen molar-refractivity contribution in [3.63, 3.8) is 0 Å². The molecule has 0 aromatic heterocycles. The first-order chi connectivity index (χ1) is 14.3. The van der Waals surface area contributed by atoms with E-state index in [0.717, 1.165) is 38.5 Å². The fraction of sp³-hybridized carbons (Fsp3) is 0.818. The van der Waals surface area contributed by atoms with E-state index >= 15 is 0 Å². The highest BCUT2D eigenvalue weighted by Gasteiger charge is 2.16. The molecular weight excluding hydrogens is 420 g/mol. The van der Waals surface area contributed by atoms with E-state index in [-0.39, 0.29) is 21.9 Å². The maximum Gasteiger partial charge on any atom is 0.307 e. The summed E-state index contributed by atoms with van der Waals surface area (Å²) in [7, 11) is 0. The molecule has 6 nitrogen and oxygen atoms in total. The molecule has 2 unspecified atom stereocenters. The third-order valence-electron chi connectivity index (χ3n) is 4.46. The molecular formula is C22H40N2O4S2. The Labute approximate surface area is 193 Å². The predicted molar refractivity (Wildman–Crippen MR) is 129 cm³/mol. The highest BCUT2D eigenvalue weighted by Crippen LogP contribution is 2.07. The Morgan fingerprint density at radius 2 is 1.00 bits per heavy atom. The Kier molecular flexibility index (Phi) is 17.7. The smallest absolute Gasteiger partial charge is 0.307 e. The van der Waals surface area contributed by atoms with Crippen molar-refractivity contribution in [2.75, 3.05) is 0 Å². The highest BCUT2D eigenvalue weighted by atomic mass is 32.1. The Morgan fingerprint density at radius 1 is 0.667 bits per heavy atom. The second-order valence-corrected chi connectivity index (χ2v) is 8.36. The van der Waals surface area contributed by atoms with E-state index in [9.17, 15) is 9.59 Å². The van der Waals surface area contributed by atoms with Gasteiger partial charge >= 0.3 is 11.9 Å². The number of carbonyl (C=O) groups is 2. The minimum atomic E-state index is -0.582. The van der Waals surface area contributed by atoms with Crippen LogP contribution in [0.15, 0.2) is 0 Å². The fourth-order valence-electron chi connectivity index (χ4n) is 2.82. The van der Waals surface area contributed by atoms with Crippen LogP contribution in [0.2, 0.25) is 0 Å². The Hall–Kier alpha value is -1.28. The Morgan fingerprint density at radius 3 is 1.33 bits per heavy atom. The maximum absolute atomic E-state index is 11.9. The van der Waals surface area contributed by atoms with Gasteiger partial charge in [0.1, 0.15) is 9.98 Å². The lowest BCUT2D eigenvalue weighted by atomic mass is 10.1. The van der Waals surface area contributed by atoms with Gasteiger partial charge in [0.25, 0.3) is 0 Å². The molecule has 0 rings (SSSR count). The average Bonchev–Trinajstić information content (AvgIpc) is 2.67. The Balaban J connectivity index is 4.03. The summed E-state index contributed by atoms with van der Waals surface area (Å²) >= 11 is 10.5. The molecule has 0 bridgehead atoms. The topological polar surface area (TPSA) is 76.7 Å². The SMILES string of the molecule is CCCCCCCC(=O)OC(C)NC(=S)C(=S)NC(C)OC(=O)CCCCCCC. The number of rotatable bonds is 16. The number of thiocarbonyl (C=S) groups is 2. The molecule has 0 spiro atoms. The summed E-state index contributed by atoms with van der Waals surface area (Å²) in [6.07, 6.45) is 10.4. The van der Waals surface area contributed by atoms with Gasteiger partial charge in [-0.2, -0.15) is 0 Å². The molecule has 30 heavy (non-hydrogen) atoms. The molecule has 0 heterocycles. The predicted octanol–water partition coefficient (Wildman–Crippen LogP) is 5.32. The molecule has 0 amide bonds. The number of hydrogen-bond donors (Lipinski definition) is 2. The van der Waals surface area contributed by atoms with Gasteiger partial charge in [0.2, 0.25) is 0 Å².